The Morgan fingerprint density at radius 3 is 2.50 bits per heavy atom. The Labute approximate surface area is 132 Å². The van der Waals surface area contributed by atoms with E-state index in [1.807, 2.05) is 6.92 Å². The van der Waals surface area contributed by atoms with E-state index in [0.29, 0.717) is 18.2 Å². The van der Waals surface area contributed by atoms with Gasteiger partial charge < -0.3 is 16.4 Å². The predicted octanol–water partition coefficient (Wildman–Crippen LogP) is 3.02. The number of nitrogens with one attached hydrogen (secondary N) is 2. The summed E-state index contributed by atoms with van der Waals surface area (Å²) < 4.78 is 25.1. The van der Waals surface area contributed by atoms with Crippen molar-refractivity contribution in [2.24, 2.45) is 11.7 Å². The van der Waals surface area contributed by atoms with Crippen molar-refractivity contribution in [3.05, 3.63) is 24.3 Å². The minimum absolute atomic E-state index is 0.151. The molecule has 1 aromatic carbocycles. The van der Waals surface area contributed by atoms with Gasteiger partial charge in [-0.05, 0) is 18.1 Å². The lowest BCUT2D eigenvalue weighted by Gasteiger charge is -2.23. The van der Waals surface area contributed by atoms with E-state index in [-0.39, 0.29) is 16.5 Å². The highest BCUT2D eigenvalue weighted by molar-refractivity contribution is 7.99. The van der Waals surface area contributed by atoms with Crippen molar-refractivity contribution in [1.82, 2.24) is 5.32 Å². The number of thioether (sulfide) groups is 1. The number of primary amides is 1. The Balaban J connectivity index is 2.91. The van der Waals surface area contributed by atoms with Gasteiger partial charge in [-0.1, -0.05) is 44.2 Å². The van der Waals surface area contributed by atoms with Crippen LogP contribution >= 0.6 is 11.8 Å². The summed E-state index contributed by atoms with van der Waals surface area (Å²) in [5.41, 5.74) is 5.35. The quantitative estimate of drug-likeness (QED) is 0.672. The van der Waals surface area contributed by atoms with Gasteiger partial charge in [0.25, 0.3) is 5.76 Å². The third kappa shape index (κ3) is 5.51. The average molecular weight is 331 g/mol. The number of alkyl halides is 2. The maximum atomic E-state index is 12.5. The summed E-state index contributed by atoms with van der Waals surface area (Å²) in [6, 6.07) is 4.62. The van der Waals surface area contributed by atoms with Crippen LogP contribution in [0.15, 0.2) is 29.2 Å². The zero-order valence-corrected chi connectivity index (χ0v) is 13.1. The number of amides is 3. The Morgan fingerprint density at radius 1 is 1.32 bits per heavy atom. The number of para-hydroxylation sites is 1. The molecule has 0 aliphatic carbocycles. The number of anilines is 1. The molecule has 3 amide bonds. The van der Waals surface area contributed by atoms with Gasteiger partial charge in [-0.3, -0.25) is 4.79 Å². The molecule has 0 aliphatic rings. The Morgan fingerprint density at radius 2 is 1.95 bits per heavy atom. The van der Waals surface area contributed by atoms with Crippen molar-refractivity contribution < 1.29 is 18.4 Å². The molecule has 0 heterocycles. The largest absolute Gasteiger partial charge is 0.352 e. The third-order valence-corrected chi connectivity index (χ3v) is 3.94. The smallest absolute Gasteiger partial charge is 0.312 e. The molecule has 4 N–H and O–H groups in total. The van der Waals surface area contributed by atoms with E-state index in [1.165, 1.54) is 12.1 Å². The first kappa shape index (κ1) is 18.2. The number of urea groups is 1. The predicted molar refractivity (Wildman–Crippen MR) is 82.9 cm³/mol. The van der Waals surface area contributed by atoms with Crippen LogP contribution in [-0.2, 0) is 4.79 Å². The summed E-state index contributed by atoms with van der Waals surface area (Å²) in [5, 5.41) is 4.96. The molecule has 2 atom stereocenters. The van der Waals surface area contributed by atoms with E-state index in [2.05, 4.69) is 10.6 Å². The topological polar surface area (TPSA) is 84.2 Å². The van der Waals surface area contributed by atoms with E-state index in [0.717, 1.165) is 0 Å². The number of carbonyl (C=O) groups is 2. The Bertz CT molecular complexity index is 529. The van der Waals surface area contributed by atoms with Crippen LogP contribution in [-0.4, -0.2) is 23.7 Å². The summed E-state index contributed by atoms with van der Waals surface area (Å²) in [6.07, 6.45) is 0.645. The number of carbonyl (C=O) groups excluding carboxylic acids is 2. The van der Waals surface area contributed by atoms with Gasteiger partial charge in [-0.25, -0.2) is 4.79 Å². The first-order valence-corrected chi connectivity index (χ1v) is 7.63. The zero-order chi connectivity index (χ0) is 16.7. The highest BCUT2D eigenvalue weighted by atomic mass is 32.2. The van der Waals surface area contributed by atoms with Crippen molar-refractivity contribution >= 4 is 29.4 Å². The lowest BCUT2D eigenvalue weighted by molar-refractivity contribution is -0.119. The molecule has 0 aliphatic heterocycles. The first-order valence-electron chi connectivity index (χ1n) is 6.75. The van der Waals surface area contributed by atoms with Crippen LogP contribution in [0.5, 0.6) is 0 Å². The summed E-state index contributed by atoms with van der Waals surface area (Å²) in [6.45, 7) is 3.66. The summed E-state index contributed by atoms with van der Waals surface area (Å²) in [4.78, 5) is 23.6. The van der Waals surface area contributed by atoms with Crippen LogP contribution in [0.4, 0.5) is 19.3 Å². The van der Waals surface area contributed by atoms with Gasteiger partial charge >= 0.3 is 6.03 Å². The molecule has 0 radical (unpaired) electrons. The highest BCUT2D eigenvalue weighted by Gasteiger charge is 2.26. The van der Waals surface area contributed by atoms with Crippen molar-refractivity contribution in [1.29, 1.82) is 0 Å². The van der Waals surface area contributed by atoms with Crippen LogP contribution in [0.3, 0.4) is 0 Å². The number of rotatable bonds is 7. The number of hydrogen-bond acceptors (Lipinski definition) is 3. The third-order valence-electron chi connectivity index (χ3n) is 3.15. The van der Waals surface area contributed by atoms with E-state index >= 15 is 0 Å². The lowest BCUT2D eigenvalue weighted by atomic mass is 9.98. The maximum Gasteiger partial charge on any atom is 0.312 e. The zero-order valence-electron chi connectivity index (χ0n) is 12.3. The van der Waals surface area contributed by atoms with Crippen molar-refractivity contribution in [3.63, 3.8) is 0 Å². The fourth-order valence-corrected chi connectivity index (χ4v) is 2.43. The molecule has 1 rings (SSSR count). The second kappa shape index (κ2) is 8.57. The van der Waals surface area contributed by atoms with Gasteiger partial charge in [-0.2, -0.15) is 8.78 Å². The summed E-state index contributed by atoms with van der Waals surface area (Å²) >= 11 is 0.347. The molecule has 0 saturated heterocycles. The van der Waals surface area contributed by atoms with E-state index in [9.17, 15) is 18.4 Å². The molecule has 0 saturated carbocycles. The van der Waals surface area contributed by atoms with Crippen LogP contribution in [0.2, 0.25) is 0 Å². The number of halogens is 2. The minimum Gasteiger partial charge on any atom is -0.352 e. The van der Waals surface area contributed by atoms with Gasteiger partial charge in [0.2, 0.25) is 5.91 Å². The molecule has 22 heavy (non-hydrogen) atoms. The number of nitrogens with two attached hydrogens (primary N) is 1. The van der Waals surface area contributed by atoms with E-state index in [4.69, 9.17) is 5.73 Å². The molecular weight excluding hydrogens is 312 g/mol. The van der Waals surface area contributed by atoms with Gasteiger partial charge in [-0.15, -0.1) is 0 Å². The molecule has 5 nitrogen and oxygen atoms in total. The Hall–Kier alpha value is -1.83. The first-order chi connectivity index (χ1) is 10.3. The fourth-order valence-electron chi connectivity index (χ4n) is 1.83. The van der Waals surface area contributed by atoms with Gasteiger partial charge in [0.05, 0.1) is 5.69 Å². The van der Waals surface area contributed by atoms with Crippen LogP contribution in [0.25, 0.3) is 0 Å². The van der Waals surface area contributed by atoms with Crippen molar-refractivity contribution in [2.45, 2.75) is 37.0 Å². The minimum atomic E-state index is -2.59. The van der Waals surface area contributed by atoms with E-state index in [1.54, 1.807) is 19.1 Å². The number of benzene rings is 1. The molecule has 0 aromatic heterocycles. The standard InChI is InChI=1S/C14H19F2N3O2S/c1-3-8(2)11(19-14(17)21)12(20)18-9-6-4-5-7-10(9)22-13(15)16/h4-8,11,13H,3H2,1-2H3,(H,18,20)(H3,17,19,21). The average Bonchev–Trinajstić information content (AvgIpc) is 2.45. The van der Waals surface area contributed by atoms with Gasteiger partial charge in [0.1, 0.15) is 6.04 Å². The second-order valence-electron chi connectivity index (χ2n) is 4.74. The molecular formula is C14H19F2N3O2S. The molecule has 1 aromatic rings. The lowest BCUT2D eigenvalue weighted by Crippen LogP contribution is -2.49. The van der Waals surface area contributed by atoms with Crippen LogP contribution in [0.1, 0.15) is 20.3 Å². The number of hydrogen-bond donors (Lipinski definition) is 3. The highest BCUT2D eigenvalue weighted by Crippen LogP contribution is 2.31. The molecule has 122 valence electrons. The fraction of sp³-hybridized carbons (Fsp3) is 0.429. The van der Waals surface area contributed by atoms with Gasteiger partial charge in [0, 0.05) is 4.90 Å². The SMILES string of the molecule is CCC(C)C(NC(N)=O)C(=O)Nc1ccccc1SC(F)F. The van der Waals surface area contributed by atoms with Crippen LogP contribution in [0, 0.1) is 5.92 Å². The molecule has 0 spiro atoms. The monoisotopic (exact) mass is 331 g/mol. The van der Waals surface area contributed by atoms with E-state index < -0.39 is 23.7 Å². The maximum absolute atomic E-state index is 12.5. The second-order valence-corrected chi connectivity index (χ2v) is 5.77. The summed E-state index contributed by atoms with van der Waals surface area (Å²) in [7, 11) is 0. The van der Waals surface area contributed by atoms with Gasteiger partial charge in [0.15, 0.2) is 0 Å². The van der Waals surface area contributed by atoms with Crippen molar-refractivity contribution in [2.75, 3.05) is 5.32 Å². The molecule has 2 unspecified atom stereocenters. The molecule has 0 bridgehead atoms. The normalized spacial score (nSPS) is 13.5. The summed E-state index contributed by atoms with van der Waals surface area (Å²) in [5.74, 6) is -3.23. The molecule has 0 fully saturated rings. The molecule has 8 heteroatoms. The Kier molecular flexibility index (Phi) is 7.10. The van der Waals surface area contributed by atoms with Crippen molar-refractivity contribution in [3.8, 4) is 0 Å². The van der Waals surface area contributed by atoms with Crippen LogP contribution < -0.4 is 16.4 Å².